The minimum atomic E-state index is -4.80. The summed E-state index contributed by atoms with van der Waals surface area (Å²) in [4.78, 5) is 29.8. The molecular weight excluding hydrogens is 499 g/mol. The third-order valence-electron chi connectivity index (χ3n) is 6.29. The lowest BCUT2D eigenvalue weighted by atomic mass is 9.90. The molecule has 38 heavy (non-hydrogen) atoms. The van der Waals surface area contributed by atoms with Crippen molar-refractivity contribution in [2.45, 2.75) is 25.4 Å². The summed E-state index contributed by atoms with van der Waals surface area (Å²) in [6.45, 7) is 0.0184. The Labute approximate surface area is 215 Å². The zero-order valence-corrected chi connectivity index (χ0v) is 20.2. The Morgan fingerprint density at radius 3 is 2.39 bits per heavy atom. The number of carbonyl (C=O) groups excluding carboxylic acids is 2. The van der Waals surface area contributed by atoms with Gasteiger partial charge in [-0.15, -0.1) is 0 Å². The fourth-order valence-corrected chi connectivity index (χ4v) is 4.37. The molecule has 2 N–H and O–H groups in total. The summed E-state index contributed by atoms with van der Waals surface area (Å²) in [5.41, 5.74) is 0.232. The molecule has 2 heterocycles. The number of alkyl halides is 3. The minimum absolute atomic E-state index is 0.0448. The lowest BCUT2D eigenvalue weighted by Gasteiger charge is -2.19. The number of hydrogen-bond acceptors (Lipinski definition) is 5. The monoisotopic (exact) mass is 523 g/mol. The van der Waals surface area contributed by atoms with Crippen LogP contribution in [0.1, 0.15) is 33.9 Å². The summed E-state index contributed by atoms with van der Waals surface area (Å²) in [7, 11) is 0. The van der Waals surface area contributed by atoms with Crippen LogP contribution < -0.4 is 10.6 Å². The van der Waals surface area contributed by atoms with Crippen LogP contribution in [-0.4, -0.2) is 39.7 Å². The van der Waals surface area contributed by atoms with Crippen LogP contribution in [0.15, 0.2) is 71.3 Å². The number of amides is 2. The van der Waals surface area contributed by atoms with Crippen molar-refractivity contribution in [2.24, 2.45) is 5.92 Å². The first kappa shape index (κ1) is 25.2. The van der Waals surface area contributed by atoms with Crippen LogP contribution in [0.3, 0.4) is 0 Å². The highest BCUT2D eigenvalue weighted by Crippen LogP contribution is 2.32. The summed E-state index contributed by atoms with van der Waals surface area (Å²) in [5, 5.41) is 8.76. The van der Waals surface area contributed by atoms with E-state index in [0.717, 1.165) is 22.1 Å². The number of halogens is 3. The fourth-order valence-electron chi connectivity index (χ4n) is 4.37. The van der Waals surface area contributed by atoms with Gasteiger partial charge in [-0.1, -0.05) is 36.4 Å². The Morgan fingerprint density at radius 2 is 1.68 bits per heavy atom. The number of carbonyl (C=O) groups is 2. The van der Waals surface area contributed by atoms with E-state index in [0.29, 0.717) is 36.6 Å². The summed E-state index contributed by atoms with van der Waals surface area (Å²) >= 11 is 0. The molecule has 5 rings (SSSR count). The zero-order chi connectivity index (χ0) is 26.7. The normalized spacial score (nSPS) is 15.1. The zero-order valence-electron chi connectivity index (χ0n) is 20.2. The van der Waals surface area contributed by atoms with E-state index in [1.54, 1.807) is 30.3 Å². The van der Waals surface area contributed by atoms with E-state index < -0.39 is 23.3 Å². The van der Waals surface area contributed by atoms with E-state index in [2.05, 4.69) is 20.7 Å². The largest absolute Gasteiger partial charge is 0.441 e. The molecule has 0 radical (unpaired) electrons. The molecule has 2 amide bonds. The number of rotatable bonds is 7. The first-order valence-corrected chi connectivity index (χ1v) is 12.1. The highest BCUT2D eigenvalue weighted by Gasteiger charge is 2.39. The van der Waals surface area contributed by atoms with Crippen LogP contribution in [0.2, 0.25) is 0 Å². The van der Waals surface area contributed by atoms with Gasteiger partial charge in [0, 0.05) is 37.2 Å². The molecule has 4 aromatic rings. The van der Waals surface area contributed by atoms with Crippen molar-refractivity contribution in [1.82, 2.24) is 25.4 Å². The van der Waals surface area contributed by atoms with Crippen LogP contribution in [0, 0.1) is 5.92 Å². The third kappa shape index (κ3) is 5.46. The van der Waals surface area contributed by atoms with Crippen LogP contribution in [0.25, 0.3) is 17.1 Å². The van der Waals surface area contributed by atoms with Crippen LogP contribution in [-0.2, 0) is 23.8 Å². The third-order valence-corrected chi connectivity index (χ3v) is 6.29. The maximum atomic E-state index is 13.5. The fraction of sp³-hybridized carbons (Fsp3) is 0.259. The molecule has 0 saturated heterocycles. The summed E-state index contributed by atoms with van der Waals surface area (Å²) in [5.74, 6) is -0.260. The predicted octanol–water partition coefficient (Wildman–Crippen LogP) is 4.20. The minimum Gasteiger partial charge on any atom is -0.441 e. The van der Waals surface area contributed by atoms with Gasteiger partial charge in [0.15, 0.2) is 5.69 Å². The van der Waals surface area contributed by atoms with Gasteiger partial charge in [-0.25, -0.2) is 9.67 Å². The number of para-hydroxylation sites is 1. The van der Waals surface area contributed by atoms with Gasteiger partial charge in [0.05, 0.1) is 16.9 Å². The smallest absolute Gasteiger partial charge is 0.435 e. The maximum absolute atomic E-state index is 13.5. The lowest BCUT2D eigenvalue weighted by Crippen LogP contribution is -2.39. The van der Waals surface area contributed by atoms with Crippen molar-refractivity contribution in [1.29, 1.82) is 0 Å². The maximum Gasteiger partial charge on any atom is 0.435 e. The van der Waals surface area contributed by atoms with E-state index in [9.17, 15) is 22.8 Å². The molecule has 2 aromatic heterocycles. The van der Waals surface area contributed by atoms with E-state index in [-0.39, 0.29) is 24.9 Å². The van der Waals surface area contributed by atoms with Crippen molar-refractivity contribution < 1.29 is 27.2 Å². The number of nitrogens with zero attached hydrogens (tertiary/aromatic N) is 3. The number of benzene rings is 2. The molecule has 8 nitrogen and oxygen atoms in total. The van der Waals surface area contributed by atoms with E-state index in [1.807, 2.05) is 30.3 Å². The molecule has 0 aliphatic heterocycles. The molecule has 0 saturated carbocycles. The second kappa shape index (κ2) is 10.5. The first-order chi connectivity index (χ1) is 18.3. The molecule has 0 bridgehead atoms. The van der Waals surface area contributed by atoms with E-state index >= 15 is 0 Å². The lowest BCUT2D eigenvalue weighted by molar-refractivity contribution is -0.141. The van der Waals surface area contributed by atoms with Gasteiger partial charge in [0.25, 0.3) is 5.91 Å². The van der Waals surface area contributed by atoms with Crippen molar-refractivity contribution in [3.8, 4) is 17.1 Å². The van der Waals surface area contributed by atoms with Crippen LogP contribution in [0.5, 0.6) is 0 Å². The number of hydrogen-bond donors (Lipinski definition) is 2. The van der Waals surface area contributed by atoms with Crippen molar-refractivity contribution in [2.75, 3.05) is 13.1 Å². The second-order valence-electron chi connectivity index (χ2n) is 8.91. The molecule has 196 valence electrons. The molecule has 11 heteroatoms. The molecule has 1 aliphatic rings. The summed E-state index contributed by atoms with van der Waals surface area (Å²) in [6.07, 6.45) is -2.15. The van der Waals surface area contributed by atoms with Crippen LogP contribution in [0.4, 0.5) is 13.2 Å². The molecule has 1 aliphatic carbocycles. The van der Waals surface area contributed by atoms with Gasteiger partial charge < -0.3 is 15.1 Å². The van der Waals surface area contributed by atoms with Gasteiger partial charge >= 0.3 is 6.18 Å². The van der Waals surface area contributed by atoms with E-state index in [4.69, 9.17) is 4.42 Å². The number of aryl methyl sites for hydroxylation is 1. The topological polar surface area (TPSA) is 102 Å². The number of nitrogens with one attached hydrogen (secondary N) is 2. The van der Waals surface area contributed by atoms with Crippen molar-refractivity contribution in [3.05, 3.63) is 89.6 Å². The molecular formula is C27H24F3N5O3. The molecule has 1 unspecified atom stereocenters. The molecule has 0 spiro atoms. The van der Waals surface area contributed by atoms with Gasteiger partial charge in [-0.2, -0.15) is 18.3 Å². The molecule has 2 aromatic carbocycles. The van der Waals surface area contributed by atoms with Gasteiger partial charge in [0.2, 0.25) is 11.8 Å². The Bertz CT molecular complexity index is 1430. The first-order valence-electron chi connectivity index (χ1n) is 12.1. The van der Waals surface area contributed by atoms with Crippen LogP contribution >= 0.6 is 0 Å². The van der Waals surface area contributed by atoms with Gasteiger partial charge in [0.1, 0.15) is 5.76 Å². The van der Waals surface area contributed by atoms with E-state index in [1.165, 1.54) is 0 Å². The Morgan fingerprint density at radius 1 is 1.00 bits per heavy atom. The predicted molar refractivity (Wildman–Crippen MR) is 131 cm³/mol. The Kier molecular flexibility index (Phi) is 6.99. The number of fused-ring (bicyclic) bond motifs is 1. The molecule has 0 fully saturated rings. The van der Waals surface area contributed by atoms with Gasteiger partial charge in [-0.3, -0.25) is 9.59 Å². The Hall–Kier alpha value is -4.41. The average Bonchev–Trinajstić information content (AvgIpc) is 3.57. The standard InChI is InChI=1S/C27H24F3N5O3/c28-27(29,30)23-20(16-35(34-23)19-9-5-2-6-10-19)25(37)32-14-13-31-24(36)18-11-12-21-22(15-18)38-26(33-21)17-7-3-1-4-8-17/h1-10,16,18H,11-15H2,(H,31,36)(H,32,37). The highest BCUT2D eigenvalue weighted by atomic mass is 19.4. The van der Waals surface area contributed by atoms with Gasteiger partial charge in [-0.05, 0) is 37.1 Å². The number of oxazole rings is 1. The average molecular weight is 524 g/mol. The quantitative estimate of drug-likeness (QED) is 0.354. The number of aromatic nitrogens is 3. The second-order valence-corrected chi connectivity index (χ2v) is 8.91. The van der Waals surface area contributed by atoms with Crippen molar-refractivity contribution >= 4 is 11.8 Å². The summed E-state index contributed by atoms with van der Waals surface area (Å²) < 4.78 is 47.5. The van der Waals surface area contributed by atoms with Crippen molar-refractivity contribution in [3.63, 3.8) is 0 Å². The highest BCUT2D eigenvalue weighted by molar-refractivity contribution is 5.95. The SMILES string of the molecule is O=C(NCCNC(=O)C1CCc2nc(-c3ccccc3)oc2C1)c1cn(-c2ccccc2)nc1C(F)(F)F. The molecule has 1 atom stereocenters. The Balaban J connectivity index is 1.15. The summed E-state index contributed by atoms with van der Waals surface area (Å²) in [6, 6.07) is 17.7.